The van der Waals surface area contributed by atoms with Gasteiger partial charge in [0.1, 0.15) is 0 Å². The fraction of sp³-hybridized carbons (Fsp3) is 0.700. The smallest absolute Gasteiger partial charge is 0.260 e. The van der Waals surface area contributed by atoms with E-state index in [9.17, 15) is 8.42 Å². The van der Waals surface area contributed by atoms with Gasteiger partial charge in [0.05, 0.1) is 0 Å². The summed E-state index contributed by atoms with van der Waals surface area (Å²) in [5, 5.41) is 9.68. The van der Waals surface area contributed by atoms with Crippen molar-refractivity contribution in [1.82, 2.24) is 20.2 Å². The molecule has 0 unspecified atom stereocenters. The maximum atomic E-state index is 12.1. The van der Waals surface area contributed by atoms with Crippen LogP contribution in [-0.4, -0.2) is 32.2 Å². The minimum absolute atomic E-state index is 0.116. The maximum Gasteiger partial charge on any atom is 0.260 e. The first-order valence-corrected chi connectivity index (χ1v) is 7.21. The highest BCUT2D eigenvalue weighted by atomic mass is 32.2. The topological polar surface area (TPSA) is 86.9 Å². The Labute approximate surface area is 101 Å². The Hall–Kier alpha value is -0.920. The van der Waals surface area contributed by atoms with Crippen molar-refractivity contribution in [2.75, 3.05) is 13.6 Å². The summed E-state index contributed by atoms with van der Waals surface area (Å²) in [7, 11) is -1.70. The lowest BCUT2D eigenvalue weighted by Crippen LogP contribution is -2.27. The van der Waals surface area contributed by atoms with Gasteiger partial charge in [-0.15, -0.1) is 0 Å². The zero-order valence-corrected chi connectivity index (χ0v) is 10.9. The van der Waals surface area contributed by atoms with Crippen LogP contribution >= 0.6 is 0 Å². The van der Waals surface area contributed by atoms with Gasteiger partial charge in [-0.2, -0.15) is 5.10 Å². The first-order valence-electron chi connectivity index (χ1n) is 5.72. The normalized spacial score (nSPS) is 16.4. The second-order valence-electron chi connectivity index (χ2n) is 4.46. The lowest BCUT2D eigenvalue weighted by molar-refractivity contribution is 0.571. The summed E-state index contributed by atoms with van der Waals surface area (Å²) in [6.45, 7) is 2.83. The van der Waals surface area contributed by atoms with Crippen LogP contribution in [0.1, 0.15) is 24.1 Å². The van der Waals surface area contributed by atoms with Crippen LogP contribution in [0.4, 0.5) is 0 Å². The highest BCUT2D eigenvalue weighted by Crippen LogP contribution is 2.28. The first kappa shape index (κ1) is 12.5. The van der Waals surface area contributed by atoms with E-state index in [4.69, 9.17) is 0 Å². The summed E-state index contributed by atoms with van der Waals surface area (Å²) in [6.07, 6.45) is 2.23. The van der Waals surface area contributed by atoms with Gasteiger partial charge in [-0.05, 0) is 32.7 Å². The molecule has 0 saturated heterocycles. The number of aryl methyl sites for hydroxylation is 1. The van der Waals surface area contributed by atoms with E-state index in [2.05, 4.69) is 20.2 Å². The third kappa shape index (κ3) is 2.85. The predicted octanol–water partition coefficient (Wildman–Crippen LogP) is 0.126. The second-order valence-corrected chi connectivity index (χ2v) is 6.14. The van der Waals surface area contributed by atoms with Gasteiger partial charge in [-0.3, -0.25) is 5.10 Å². The molecule has 0 aromatic carbocycles. The fourth-order valence-electron chi connectivity index (χ4n) is 1.66. The van der Waals surface area contributed by atoms with Crippen molar-refractivity contribution < 1.29 is 8.42 Å². The lowest BCUT2D eigenvalue weighted by Gasteiger charge is -2.06. The molecule has 17 heavy (non-hydrogen) atoms. The van der Waals surface area contributed by atoms with Gasteiger partial charge in [-0.1, -0.05) is 0 Å². The highest BCUT2D eigenvalue weighted by molar-refractivity contribution is 7.89. The Morgan fingerprint density at radius 2 is 2.18 bits per heavy atom. The molecule has 7 heteroatoms. The van der Waals surface area contributed by atoms with E-state index in [0.717, 1.165) is 18.5 Å². The molecule has 0 aliphatic heterocycles. The van der Waals surface area contributed by atoms with Crippen LogP contribution in [0.5, 0.6) is 0 Å². The van der Waals surface area contributed by atoms with Crippen LogP contribution in [0.15, 0.2) is 5.03 Å². The quantitative estimate of drug-likeness (QED) is 0.676. The summed E-state index contributed by atoms with van der Waals surface area (Å²) in [6, 6.07) is 0. The molecule has 2 rings (SSSR count). The lowest BCUT2D eigenvalue weighted by atomic mass is 10.3. The number of hydrogen-bond donors (Lipinski definition) is 3. The molecule has 0 spiro atoms. The largest absolute Gasteiger partial charge is 0.316 e. The molecule has 0 atom stereocenters. The van der Waals surface area contributed by atoms with E-state index < -0.39 is 10.0 Å². The van der Waals surface area contributed by atoms with Crippen molar-refractivity contribution in [3.05, 3.63) is 11.3 Å². The van der Waals surface area contributed by atoms with Crippen LogP contribution in [0.3, 0.4) is 0 Å². The average molecular weight is 258 g/mol. The van der Waals surface area contributed by atoms with E-state index in [-0.39, 0.29) is 5.03 Å². The van der Waals surface area contributed by atoms with Gasteiger partial charge in [0, 0.05) is 24.3 Å². The Morgan fingerprint density at radius 3 is 2.76 bits per heavy atom. The van der Waals surface area contributed by atoms with E-state index in [1.54, 1.807) is 7.05 Å². The van der Waals surface area contributed by atoms with Gasteiger partial charge < -0.3 is 5.32 Å². The van der Waals surface area contributed by atoms with E-state index >= 15 is 0 Å². The van der Waals surface area contributed by atoms with Crippen molar-refractivity contribution >= 4 is 10.0 Å². The van der Waals surface area contributed by atoms with Gasteiger partial charge in [0.2, 0.25) is 0 Å². The predicted molar refractivity (Wildman–Crippen MR) is 64.0 cm³/mol. The van der Waals surface area contributed by atoms with Gasteiger partial charge in [0.25, 0.3) is 10.0 Å². The molecular formula is C10H18N4O2S. The molecule has 1 aromatic heterocycles. The number of nitrogens with one attached hydrogen (secondary N) is 3. The number of aromatic amines is 1. The minimum Gasteiger partial charge on any atom is -0.316 e. The molecule has 96 valence electrons. The minimum atomic E-state index is -3.48. The van der Waals surface area contributed by atoms with Crippen LogP contribution in [0.25, 0.3) is 0 Å². The third-order valence-corrected chi connectivity index (χ3v) is 4.30. The number of hydrogen-bond acceptors (Lipinski definition) is 4. The molecule has 1 heterocycles. The average Bonchev–Trinajstić information content (AvgIpc) is 3.03. The van der Waals surface area contributed by atoms with Gasteiger partial charge in [-0.25, -0.2) is 13.1 Å². The summed E-state index contributed by atoms with van der Waals surface area (Å²) in [5.41, 5.74) is 1.49. The maximum absolute atomic E-state index is 12.1. The van der Waals surface area contributed by atoms with Crippen molar-refractivity contribution in [3.63, 3.8) is 0 Å². The number of H-pyrrole nitrogens is 1. The van der Waals surface area contributed by atoms with E-state index in [1.165, 1.54) is 0 Å². The molecule has 6 nitrogen and oxygen atoms in total. The summed E-state index contributed by atoms with van der Waals surface area (Å²) < 4.78 is 26.7. The zero-order valence-electron chi connectivity index (χ0n) is 10.1. The Bertz CT molecular complexity index is 490. The molecular weight excluding hydrogens is 240 g/mol. The van der Waals surface area contributed by atoms with E-state index in [0.29, 0.717) is 24.6 Å². The molecule has 3 N–H and O–H groups in total. The van der Waals surface area contributed by atoms with Crippen molar-refractivity contribution in [2.45, 2.75) is 31.3 Å². The number of aromatic nitrogens is 2. The van der Waals surface area contributed by atoms with Gasteiger partial charge in [0.15, 0.2) is 5.03 Å². The second kappa shape index (κ2) is 4.75. The van der Waals surface area contributed by atoms with Crippen molar-refractivity contribution in [3.8, 4) is 0 Å². The monoisotopic (exact) mass is 258 g/mol. The number of rotatable bonds is 6. The molecule has 0 amide bonds. The molecule has 0 radical (unpaired) electrons. The Kier molecular flexibility index (Phi) is 3.50. The van der Waals surface area contributed by atoms with Crippen LogP contribution in [0, 0.1) is 12.8 Å². The van der Waals surface area contributed by atoms with E-state index in [1.807, 2.05) is 6.92 Å². The molecule has 1 aliphatic carbocycles. The fourth-order valence-corrected chi connectivity index (χ4v) is 2.96. The molecule has 0 bridgehead atoms. The van der Waals surface area contributed by atoms with Crippen LogP contribution in [0.2, 0.25) is 0 Å². The number of nitrogens with zero attached hydrogens (tertiary/aromatic N) is 1. The molecule has 1 fully saturated rings. The summed E-state index contributed by atoms with van der Waals surface area (Å²) >= 11 is 0. The van der Waals surface area contributed by atoms with Crippen molar-refractivity contribution in [2.24, 2.45) is 5.92 Å². The Morgan fingerprint density at radius 1 is 1.47 bits per heavy atom. The van der Waals surface area contributed by atoms with Crippen molar-refractivity contribution in [1.29, 1.82) is 0 Å². The molecule has 1 saturated carbocycles. The molecule has 1 aromatic rings. The summed E-state index contributed by atoms with van der Waals surface area (Å²) in [5.74, 6) is 0.512. The SMILES string of the molecule is CNCc1c(S(=O)(=O)NCC2CC2)n[nH]c1C. The standard InChI is InChI=1S/C10H18N4O2S/c1-7-9(6-11-2)10(14-13-7)17(15,16)12-5-8-3-4-8/h8,11-12H,3-6H2,1-2H3,(H,13,14). The van der Waals surface area contributed by atoms with Gasteiger partial charge >= 0.3 is 0 Å². The highest BCUT2D eigenvalue weighted by Gasteiger charge is 2.27. The molecule has 1 aliphatic rings. The zero-order chi connectivity index (χ0) is 12.5. The number of sulfonamides is 1. The first-order chi connectivity index (χ1) is 8.04. The third-order valence-electron chi connectivity index (χ3n) is 2.90. The van der Waals surface area contributed by atoms with Crippen LogP contribution in [-0.2, 0) is 16.6 Å². The van der Waals surface area contributed by atoms with Crippen LogP contribution < -0.4 is 10.0 Å². The Balaban J connectivity index is 2.18. The summed E-state index contributed by atoms with van der Waals surface area (Å²) in [4.78, 5) is 0.